The number of likely N-dealkylation sites (tertiary alicyclic amines) is 1. The van der Waals surface area contributed by atoms with Crippen molar-refractivity contribution in [1.82, 2.24) is 10.2 Å². The van der Waals surface area contributed by atoms with Gasteiger partial charge in [-0.25, -0.2) is 0 Å². The number of carbonyl (C=O) groups excluding carboxylic acids is 1. The van der Waals surface area contributed by atoms with Gasteiger partial charge in [0.1, 0.15) is 0 Å². The van der Waals surface area contributed by atoms with Crippen LogP contribution < -0.4 is 5.32 Å². The lowest BCUT2D eigenvalue weighted by Gasteiger charge is -2.38. The van der Waals surface area contributed by atoms with Crippen molar-refractivity contribution < 1.29 is 4.79 Å². The molecule has 1 rings (SSSR count). The van der Waals surface area contributed by atoms with Crippen LogP contribution in [0.15, 0.2) is 0 Å². The standard InChI is InChI=1S/C16H32N2O/c1-4-7-10-14(9-5-2)18-13-8-11-15(16(18)19)17-12-6-3/h14-15,17H,4-13H2,1-3H3. The molecule has 19 heavy (non-hydrogen) atoms. The minimum atomic E-state index is 0.0784. The molecule has 1 N–H and O–H groups in total. The van der Waals surface area contributed by atoms with Gasteiger partial charge in [-0.05, 0) is 38.6 Å². The number of hydrogen-bond donors (Lipinski definition) is 1. The number of hydrogen-bond acceptors (Lipinski definition) is 2. The van der Waals surface area contributed by atoms with Gasteiger partial charge in [-0.15, -0.1) is 0 Å². The summed E-state index contributed by atoms with van der Waals surface area (Å²) in [6.45, 7) is 8.53. The van der Waals surface area contributed by atoms with E-state index in [0.717, 1.165) is 38.8 Å². The van der Waals surface area contributed by atoms with Crippen molar-refractivity contribution in [3.8, 4) is 0 Å². The van der Waals surface area contributed by atoms with Gasteiger partial charge in [-0.3, -0.25) is 4.79 Å². The van der Waals surface area contributed by atoms with Gasteiger partial charge in [0.15, 0.2) is 0 Å². The number of nitrogens with one attached hydrogen (secondary N) is 1. The van der Waals surface area contributed by atoms with E-state index in [1.807, 2.05) is 0 Å². The van der Waals surface area contributed by atoms with E-state index >= 15 is 0 Å². The molecule has 3 nitrogen and oxygen atoms in total. The van der Waals surface area contributed by atoms with Crippen LogP contribution in [0.4, 0.5) is 0 Å². The van der Waals surface area contributed by atoms with Crippen molar-refractivity contribution in [3.05, 3.63) is 0 Å². The molecule has 3 heteroatoms. The number of unbranched alkanes of at least 4 members (excludes halogenated alkanes) is 1. The van der Waals surface area contributed by atoms with E-state index in [-0.39, 0.29) is 6.04 Å². The summed E-state index contributed by atoms with van der Waals surface area (Å²) in [6, 6.07) is 0.554. The van der Waals surface area contributed by atoms with Crippen LogP contribution >= 0.6 is 0 Å². The Bertz CT molecular complexity index is 255. The summed E-state index contributed by atoms with van der Waals surface area (Å²) in [5, 5.41) is 3.41. The van der Waals surface area contributed by atoms with Gasteiger partial charge in [-0.2, -0.15) is 0 Å². The highest BCUT2D eigenvalue weighted by molar-refractivity contribution is 5.82. The van der Waals surface area contributed by atoms with Crippen LogP contribution in [0.25, 0.3) is 0 Å². The first-order chi connectivity index (χ1) is 9.24. The number of nitrogens with zero attached hydrogens (tertiary/aromatic N) is 1. The van der Waals surface area contributed by atoms with Crippen LogP contribution in [-0.4, -0.2) is 36.0 Å². The summed E-state index contributed by atoms with van der Waals surface area (Å²) in [6.07, 6.45) is 9.23. The summed E-state index contributed by atoms with van der Waals surface area (Å²) in [5.74, 6) is 0.356. The molecule has 0 spiro atoms. The Labute approximate surface area is 119 Å². The van der Waals surface area contributed by atoms with Gasteiger partial charge in [0.25, 0.3) is 0 Å². The van der Waals surface area contributed by atoms with Crippen LogP contribution in [0.2, 0.25) is 0 Å². The van der Waals surface area contributed by atoms with Crippen LogP contribution in [0.3, 0.4) is 0 Å². The average Bonchev–Trinajstić information content (AvgIpc) is 2.42. The van der Waals surface area contributed by atoms with E-state index in [1.165, 1.54) is 25.7 Å². The molecular weight excluding hydrogens is 236 g/mol. The summed E-state index contributed by atoms with van der Waals surface area (Å²) >= 11 is 0. The van der Waals surface area contributed by atoms with Crippen LogP contribution in [0, 0.1) is 0 Å². The smallest absolute Gasteiger partial charge is 0.239 e. The molecule has 0 saturated carbocycles. The third-order valence-corrected chi connectivity index (χ3v) is 4.07. The predicted molar refractivity (Wildman–Crippen MR) is 81.2 cm³/mol. The van der Waals surface area contributed by atoms with Gasteiger partial charge in [0.2, 0.25) is 5.91 Å². The lowest BCUT2D eigenvalue weighted by atomic mass is 9.97. The zero-order valence-corrected chi connectivity index (χ0v) is 13.1. The summed E-state index contributed by atoms with van der Waals surface area (Å²) in [5.41, 5.74) is 0. The summed E-state index contributed by atoms with van der Waals surface area (Å²) < 4.78 is 0. The molecule has 0 bridgehead atoms. The minimum Gasteiger partial charge on any atom is -0.338 e. The highest BCUT2D eigenvalue weighted by atomic mass is 16.2. The number of carbonyl (C=O) groups is 1. The topological polar surface area (TPSA) is 32.3 Å². The van der Waals surface area contributed by atoms with E-state index in [2.05, 4.69) is 31.0 Å². The lowest BCUT2D eigenvalue weighted by molar-refractivity contribution is -0.138. The third kappa shape index (κ3) is 5.13. The highest BCUT2D eigenvalue weighted by Crippen LogP contribution is 2.21. The van der Waals surface area contributed by atoms with Crippen molar-refractivity contribution in [1.29, 1.82) is 0 Å². The molecule has 1 aliphatic rings. The van der Waals surface area contributed by atoms with Gasteiger partial charge < -0.3 is 10.2 Å². The van der Waals surface area contributed by atoms with E-state index < -0.39 is 0 Å². The second kappa shape index (κ2) is 9.35. The number of piperidine rings is 1. The Balaban J connectivity index is 2.58. The van der Waals surface area contributed by atoms with Crippen molar-refractivity contribution in [3.63, 3.8) is 0 Å². The molecule has 0 aliphatic carbocycles. The van der Waals surface area contributed by atoms with E-state index in [0.29, 0.717) is 11.9 Å². The molecule has 1 fully saturated rings. The molecule has 0 aromatic carbocycles. The van der Waals surface area contributed by atoms with Crippen molar-refractivity contribution in [2.75, 3.05) is 13.1 Å². The maximum atomic E-state index is 12.6. The molecule has 112 valence electrons. The van der Waals surface area contributed by atoms with Crippen molar-refractivity contribution in [2.45, 2.75) is 84.2 Å². The predicted octanol–water partition coefficient (Wildman–Crippen LogP) is 3.34. The SMILES string of the molecule is CCCCC(CCC)N1CCCC(NCCC)C1=O. The molecular formula is C16H32N2O. The second-order valence-corrected chi connectivity index (χ2v) is 5.77. The van der Waals surface area contributed by atoms with Gasteiger partial charge in [0.05, 0.1) is 6.04 Å². The zero-order valence-electron chi connectivity index (χ0n) is 13.1. The van der Waals surface area contributed by atoms with E-state index in [1.54, 1.807) is 0 Å². The fraction of sp³-hybridized carbons (Fsp3) is 0.938. The average molecular weight is 268 g/mol. The number of rotatable bonds is 9. The fourth-order valence-electron chi connectivity index (χ4n) is 3.00. The Morgan fingerprint density at radius 2 is 2.00 bits per heavy atom. The Kier molecular flexibility index (Phi) is 8.11. The summed E-state index contributed by atoms with van der Waals surface area (Å²) in [7, 11) is 0. The molecule has 1 heterocycles. The molecule has 2 unspecified atom stereocenters. The van der Waals surface area contributed by atoms with Crippen LogP contribution in [0.1, 0.15) is 72.1 Å². The monoisotopic (exact) mass is 268 g/mol. The lowest BCUT2D eigenvalue weighted by Crippen LogP contribution is -2.54. The van der Waals surface area contributed by atoms with Gasteiger partial charge in [-0.1, -0.05) is 40.0 Å². The second-order valence-electron chi connectivity index (χ2n) is 5.77. The molecule has 0 radical (unpaired) electrons. The quantitative estimate of drug-likeness (QED) is 0.695. The molecule has 1 amide bonds. The largest absolute Gasteiger partial charge is 0.338 e. The maximum Gasteiger partial charge on any atom is 0.239 e. The van der Waals surface area contributed by atoms with Crippen molar-refractivity contribution >= 4 is 5.91 Å². The summed E-state index contributed by atoms with van der Waals surface area (Å²) in [4.78, 5) is 14.8. The first kappa shape index (κ1) is 16.5. The van der Waals surface area contributed by atoms with E-state index in [9.17, 15) is 4.79 Å². The van der Waals surface area contributed by atoms with Crippen LogP contribution in [-0.2, 0) is 4.79 Å². The van der Waals surface area contributed by atoms with E-state index in [4.69, 9.17) is 0 Å². The van der Waals surface area contributed by atoms with Crippen LogP contribution in [0.5, 0.6) is 0 Å². The molecule has 1 saturated heterocycles. The number of amides is 1. The molecule has 0 aromatic rings. The first-order valence-electron chi connectivity index (χ1n) is 8.28. The third-order valence-electron chi connectivity index (χ3n) is 4.07. The first-order valence-corrected chi connectivity index (χ1v) is 8.28. The van der Waals surface area contributed by atoms with Gasteiger partial charge >= 0.3 is 0 Å². The van der Waals surface area contributed by atoms with Gasteiger partial charge in [0, 0.05) is 12.6 Å². The Hall–Kier alpha value is -0.570. The maximum absolute atomic E-state index is 12.6. The Morgan fingerprint density at radius 3 is 2.63 bits per heavy atom. The minimum absolute atomic E-state index is 0.0784. The molecule has 2 atom stereocenters. The zero-order chi connectivity index (χ0) is 14.1. The molecule has 0 aromatic heterocycles. The Morgan fingerprint density at radius 1 is 1.21 bits per heavy atom. The fourth-order valence-corrected chi connectivity index (χ4v) is 3.00. The normalized spacial score (nSPS) is 21.7. The van der Waals surface area contributed by atoms with Crippen molar-refractivity contribution in [2.24, 2.45) is 0 Å². The molecule has 1 aliphatic heterocycles. The highest BCUT2D eigenvalue weighted by Gasteiger charge is 2.31.